The highest BCUT2D eigenvalue weighted by molar-refractivity contribution is 5.93. The van der Waals surface area contributed by atoms with Gasteiger partial charge in [-0.25, -0.2) is 0 Å². The number of carbonyl (C=O) groups is 2. The number of hydrogen-bond acceptors (Lipinski definition) is 2. The summed E-state index contributed by atoms with van der Waals surface area (Å²) < 4.78 is 0. The van der Waals surface area contributed by atoms with E-state index in [2.05, 4.69) is 12.2 Å². The largest absolute Gasteiger partial charge is 0.342 e. The second-order valence-corrected chi connectivity index (χ2v) is 6.37. The Labute approximate surface area is 109 Å². The summed E-state index contributed by atoms with van der Waals surface area (Å²) in [4.78, 5) is 26.2. The first-order valence-electron chi connectivity index (χ1n) is 6.99. The van der Waals surface area contributed by atoms with Crippen LogP contribution in [0.2, 0.25) is 0 Å². The lowest BCUT2D eigenvalue weighted by molar-refractivity contribution is -0.140. The molecule has 0 spiro atoms. The smallest absolute Gasteiger partial charge is 0.248 e. The number of carbonyl (C=O) groups excluding carboxylic acids is 2. The average Bonchev–Trinajstić information content (AvgIpc) is 2.39. The van der Waals surface area contributed by atoms with Gasteiger partial charge < -0.3 is 10.2 Å². The zero-order valence-corrected chi connectivity index (χ0v) is 11.7. The Morgan fingerprint density at radius 3 is 2.44 bits per heavy atom. The van der Waals surface area contributed by atoms with E-state index in [1.54, 1.807) is 0 Å². The van der Waals surface area contributed by atoms with E-state index in [1.807, 2.05) is 18.7 Å². The summed E-state index contributed by atoms with van der Waals surface area (Å²) in [5, 5.41) is 2.88. The first-order chi connectivity index (χ1) is 8.38. The predicted molar refractivity (Wildman–Crippen MR) is 70.0 cm³/mol. The number of nitrogens with zero attached hydrogens (tertiary/aromatic N) is 1. The molecule has 0 aromatic carbocycles. The first kappa shape index (κ1) is 13.4. The molecule has 1 aliphatic heterocycles. The molecule has 1 N–H and O–H groups in total. The summed E-state index contributed by atoms with van der Waals surface area (Å²) in [6, 6.07) is 0. The van der Waals surface area contributed by atoms with Crippen molar-refractivity contribution in [1.82, 2.24) is 10.2 Å². The van der Waals surface area contributed by atoms with Crippen molar-refractivity contribution in [3.8, 4) is 0 Å². The summed E-state index contributed by atoms with van der Waals surface area (Å²) in [5.41, 5.74) is -0.439. The summed E-state index contributed by atoms with van der Waals surface area (Å²) in [7, 11) is 0. The third kappa shape index (κ3) is 2.38. The van der Waals surface area contributed by atoms with Crippen molar-refractivity contribution in [3.05, 3.63) is 0 Å². The van der Waals surface area contributed by atoms with Gasteiger partial charge in [0.05, 0.1) is 0 Å². The zero-order valence-electron chi connectivity index (χ0n) is 11.7. The Bertz CT molecular complexity index is 363. The minimum atomic E-state index is -0.715. The maximum Gasteiger partial charge on any atom is 0.248 e. The fourth-order valence-corrected chi connectivity index (χ4v) is 2.90. The van der Waals surface area contributed by atoms with Gasteiger partial charge in [-0.05, 0) is 31.6 Å². The second kappa shape index (κ2) is 4.56. The molecule has 2 rings (SSSR count). The molecule has 2 aliphatic rings. The lowest BCUT2D eigenvalue weighted by Gasteiger charge is -2.43. The van der Waals surface area contributed by atoms with Crippen molar-refractivity contribution < 1.29 is 9.59 Å². The van der Waals surface area contributed by atoms with Crippen LogP contribution in [0.5, 0.6) is 0 Å². The molecule has 4 nitrogen and oxygen atoms in total. The minimum Gasteiger partial charge on any atom is -0.342 e. The number of amides is 2. The van der Waals surface area contributed by atoms with Crippen LogP contribution < -0.4 is 5.32 Å². The topological polar surface area (TPSA) is 49.4 Å². The van der Waals surface area contributed by atoms with Crippen LogP contribution in [0.25, 0.3) is 0 Å². The van der Waals surface area contributed by atoms with Gasteiger partial charge in [-0.1, -0.05) is 20.3 Å². The van der Waals surface area contributed by atoms with Crippen molar-refractivity contribution in [2.75, 3.05) is 13.1 Å². The molecule has 1 unspecified atom stereocenters. The third-order valence-corrected chi connectivity index (χ3v) is 4.62. The van der Waals surface area contributed by atoms with Gasteiger partial charge in [0.1, 0.15) is 5.54 Å². The van der Waals surface area contributed by atoms with Crippen LogP contribution in [0.3, 0.4) is 0 Å². The molecule has 0 bridgehead atoms. The van der Waals surface area contributed by atoms with E-state index in [9.17, 15) is 9.59 Å². The van der Waals surface area contributed by atoms with Crippen LogP contribution in [0.4, 0.5) is 0 Å². The van der Waals surface area contributed by atoms with Gasteiger partial charge in [0.25, 0.3) is 0 Å². The summed E-state index contributed by atoms with van der Waals surface area (Å²) >= 11 is 0. The Hall–Kier alpha value is -1.06. The van der Waals surface area contributed by atoms with Crippen molar-refractivity contribution >= 4 is 11.8 Å². The van der Waals surface area contributed by atoms with Crippen LogP contribution in [-0.4, -0.2) is 35.3 Å². The van der Waals surface area contributed by atoms with E-state index in [-0.39, 0.29) is 17.2 Å². The summed E-state index contributed by atoms with van der Waals surface area (Å²) in [6.07, 6.45) is 4.73. The number of rotatable bonds is 3. The molecule has 1 saturated heterocycles. The van der Waals surface area contributed by atoms with Crippen molar-refractivity contribution in [1.29, 1.82) is 0 Å². The fourth-order valence-electron chi connectivity index (χ4n) is 2.90. The van der Waals surface area contributed by atoms with Gasteiger partial charge in [0, 0.05) is 19.5 Å². The molecule has 18 heavy (non-hydrogen) atoms. The van der Waals surface area contributed by atoms with Gasteiger partial charge in [0.2, 0.25) is 11.8 Å². The Kier molecular flexibility index (Phi) is 3.39. The highest BCUT2D eigenvalue weighted by atomic mass is 16.2. The number of hydrogen-bond donors (Lipinski definition) is 1. The van der Waals surface area contributed by atoms with Crippen molar-refractivity contribution in [2.45, 2.75) is 58.4 Å². The van der Waals surface area contributed by atoms with E-state index in [0.29, 0.717) is 19.4 Å². The lowest BCUT2D eigenvalue weighted by Crippen LogP contribution is -2.56. The first-order valence-corrected chi connectivity index (χ1v) is 6.99. The standard InChI is InChI=1S/C14H24N2O2/c1-4-14(3)12(18)16(9-6-11(17)15-14)10-13(2)7-5-8-13/h4-10H2,1-3H3,(H,15,17). The number of nitrogens with one attached hydrogen (secondary N) is 1. The van der Waals surface area contributed by atoms with E-state index >= 15 is 0 Å². The van der Waals surface area contributed by atoms with Gasteiger partial charge in [0.15, 0.2) is 0 Å². The van der Waals surface area contributed by atoms with Crippen LogP contribution >= 0.6 is 0 Å². The predicted octanol–water partition coefficient (Wildman–Crippen LogP) is 1.69. The second-order valence-electron chi connectivity index (χ2n) is 6.37. The van der Waals surface area contributed by atoms with Crippen LogP contribution in [0.1, 0.15) is 52.9 Å². The van der Waals surface area contributed by atoms with Crippen LogP contribution in [0, 0.1) is 5.41 Å². The summed E-state index contributed by atoms with van der Waals surface area (Å²) in [6.45, 7) is 7.40. The van der Waals surface area contributed by atoms with Crippen molar-refractivity contribution in [2.24, 2.45) is 5.41 Å². The van der Waals surface area contributed by atoms with Crippen LogP contribution in [-0.2, 0) is 9.59 Å². The van der Waals surface area contributed by atoms with Gasteiger partial charge in [-0.3, -0.25) is 9.59 Å². The maximum atomic E-state index is 12.6. The summed E-state index contributed by atoms with van der Waals surface area (Å²) in [5.74, 6) is 0.0814. The third-order valence-electron chi connectivity index (χ3n) is 4.62. The van der Waals surface area contributed by atoms with Crippen LogP contribution in [0.15, 0.2) is 0 Å². The molecular weight excluding hydrogens is 228 g/mol. The Morgan fingerprint density at radius 2 is 1.94 bits per heavy atom. The zero-order chi connectivity index (χ0) is 13.4. The average molecular weight is 252 g/mol. The molecule has 1 heterocycles. The molecule has 0 aromatic heterocycles. The highest BCUT2D eigenvalue weighted by Crippen LogP contribution is 2.41. The maximum absolute atomic E-state index is 12.6. The van der Waals surface area contributed by atoms with E-state index in [1.165, 1.54) is 19.3 Å². The molecule has 0 aromatic rings. The Balaban J connectivity index is 2.13. The monoisotopic (exact) mass is 252 g/mol. The minimum absolute atomic E-state index is 0.00559. The normalized spacial score (nSPS) is 31.6. The van der Waals surface area contributed by atoms with E-state index in [0.717, 1.165) is 6.54 Å². The molecular formula is C14H24N2O2. The molecule has 1 atom stereocenters. The molecule has 102 valence electrons. The molecule has 1 saturated carbocycles. The lowest BCUT2D eigenvalue weighted by atomic mass is 9.70. The molecule has 1 aliphatic carbocycles. The van der Waals surface area contributed by atoms with E-state index < -0.39 is 5.54 Å². The highest BCUT2D eigenvalue weighted by Gasteiger charge is 2.42. The molecule has 4 heteroatoms. The molecule has 0 radical (unpaired) electrons. The molecule has 2 amide bonds. The fraction of sp³-hybridized carbons (Fsp3) is 0.857. The SMILES string of the molecule is CCC1(C)NC(=O)CCN(CC2(C)CCC2)C1=O. The van der Waals surface area contributed by atoms with E-state index in [4.69, 9.17) is 0 Å². The molecule has 2 fully saturated rings. The van der Waals surface area contributed by atoms with Gasteiger partial charge in [-0.2, -0.15) is 0 Å². The quantitative estimate of drug-likeness (QED) is 0.831. The van der Waals surface area contributed by atoms with Gasteiger partial charge >= 0.3 is 0 Å². The van der Waals surface area contributed by atoms with Gasteiger partial charge in [-0.15, -0.1) is 0 Å². The van der Waals surface area contributed by atoms with Crippen molar-refractivity contribution in [3.63, 3.8) is 0 Å². The Morgan fingerprint density at radius 1 is 1.28 bits per heavy atom.